The van der Waals surface area contributed by atoms with Gasteiger partial charge in [0.05, 0.1) is 31.8 Å². The van der Waals surface area contributed by atoms with Crippen LogP contribution in [-0.2, 0) is 13.6 Å². The Morgan fingerprint density at radius 1 is 1.58 bits per heavy atom. The van der Waals surface area contributed by atoms with E-state index in [0.29, 0.717) is 28.6 Å². The third-order valence-corrected chi connectivity index (χ3v) is 2.69. The molecule has 1 fully saturated rings. The summed E-state index contributed by atoms with van der Waals surface area (Å²) in [5, 5.41) is 9.13. The fourth-order valence-electron chi connectivity index (χ4n) is 0.894. The van der Waals surface area contributed by atoms with Crippen LogP contribution < -0.4 is 0 Å². The average Bonchev–Trinajstić information content (AvgIpc) is 2.16. The molecule has 0 saturated carbocycles. The molecule has 0 aliphatic carbocycles. The van der Waals surface area contributed by atoms with Gasteiger partial charge in [-0.1, -0.05) is 0 Å². The van der Waals surface area contributed by atoms with Gasteiger partial charge in [-0.2, -0.15) is 0 Å². The van der Waals surface area contributed by atoms with E-state index in [-0.39, 0.29) is 21.1 Å². The van der Waals surface area contributed by atoms with Crippen LogP contribution in [0.15, 0.2) is 0 Å². The van der Waals surface area contributed by atoms with Crippen molar-refractivity contribution in [1.29, 1.82) is 0 Å². The van der Waals surface area contributed by atoms with Crippen molar-refractivity contribution in [3.63, 3.8) is 0 Å². The smallest absolute Gasteiger partial charge is 0.155 e. The molecule has 0 aromatic rings. The van der Waals surface area contributed by atoms with Gasteiger partial charge in [0.1, 0.15) is 0 Å². The van der Waals surface area contributed by atoms with E-state index in [4.69, 9.17) is 18.7 Å². The fourth-order valence-corrected chi connectivity index (χ4v) is 2.16. The molecule has 1 aliphatic rings. The van der Waals surface area contributed by atoms with E-state index in [1.807, 2.05) is 6.66 Å². The molecular weight excluding hydrogens is 198 g/mol. The van der Waals surface area contributed by atoms with Gasteiger partial charge in [0, 0.05) is 8.81 Å². The second kappa shape index (κ2) is 5.43. The van der Waals surface area contributed by atoms with E-state index < -0.39 is 0 Å². The number of aliphatic hydroxyl groups excluding tert-OH is 1. The van der Waals surface area contributed by atoms with E-state index >= 15 is 0 Å². The van der Waals surface area contributed by atoms with Crippen LogP contribution in [0.5, 0.6) is 0 Å². The molecule has 1 aliphatic heterocycles. The Bertz CT molecular complexity index is 127. The first-order chi connectivity index (χ1) is 5.83. The molecule has 0 aromatic carbocycles. The molecule has 12 heavy (non-hydrogen) atoms. The third kappa shape index (κ3) is 2.88. The lowest BCUT2D eigenvalue weighted by molar-refractivity contribution is -0.0290. The van der Waals surface area contributed by atoms with E-state index in [0.717, 1.165) is 0 Å². The second-order valence-corrected chi connectivity index (χ2v) is 4.25. The molecule has 1 N–H and O–H groups in total. The highest BCUT2D eigenvalue weighted by atomic mass is 31.1. The molecular formula is C6H14O4P2. The highest BCUT2D eigenvalue weighted by Crippen LogP contribution is 2.32. The Labute approximate surface area is 75.8 Å². The Balaban J connectivity index is 2.37. The van der Waals surface area contributed by atoms with Gasteiger partial charge in [0.2, 0.25) is 0 Å². The standard InChI is InChI=1S/C6H14O4P2/c1-11-8-3-6(2-7)4-9-12-10-5-6/h7,11-12H,2-5H2,1H3. The van der Waals surface area contributed by atoms with E-state index in [1.165, 1.54) is 0 Å². The van der Waals surface area contributed by atoms with Crippen LogP contribution in [0, 0.1) is 5.41 Å². The van der Waals surface area contributed by atoms with Gasteiger partial charge in [0.25, 0.3) is 0 Å². The van der Waals surface area contributed by atoms with Gasteiger partial charge in [-0.05, 0) is 6.66 Å². The molecule has 1 saturated heterocycles. The number of hydrogen-bond acceptors (Lipinski definition) is 4. The van der Waals surface area contributed by atoms with Crippen LogP contribution >= 0.6 is 17.8 Å². The van der Waals surface area contributed by atoms with Gasteiger partial charge < -0.3 is 18.7 Å². The number of aliphatic hydroxyl groups is 1. The summed E-state index contributed by atoms with van der Waals surface area (Å²) in [5.41, 5.74) is -0.325. The summed E-state index contributed by atoms with van der Waals surface area (Å²) in [4.78, 5) is 0. The summed E-state index contributed by atoms with van der Waals surface area (Å²) in [6.07, 6.45) is 0. The summed E-state index contributed by atoms with van der Waals surface area (Å²) in [6.45, 7) is 3.60. The molecule has 0 aromatic heterocycles. The molecule has 1 atom stereocenters. The van der Waals surface area contributed by atoms with E-state index in [9.17, 15) is 0 Å². The summed E-state index contributed by atoms with van der Waals surface area (Å²) >= 11 is 0. The topological polar surface area (TPSA) is 47.9 Å². The lowest BCUT2D eigenvalue weighted by atomic mass is 9.93. The van der Waals surface area contributed by atoms with Crippen LogP contribution in [0.4, 0.5) is 0 Å². The van der Waals surface area contributed by atoms with E-state index in [2.05, 4.69) is 0 Å². The van der Waals surface area contributed by atoms with Crippen molar-refractivity contribution >= 4 is 17.8 Å². The summed E-state index contributed by atoms with van der Waals surface area (Å²) in [7, 11) is 0.558. The highest BCUT2D eigenvalue weighted by molar-refractivity contribution is 7.31. The monoisotopic (exact) mass is 212 g/mol. The van der Waals surface area contributed by atoms with Crippen molar-refractivity contribution in [1.82, 2.24) is 0 Å². The lowest BCUT2D eigenvalue weighted by Crippen LogP contribution is -2.40. The van der Waals surface area contributed by atoms with Crippen LogP contribution in [0.2, 0.25) is 0 Å². The Hall–Kier alpha value is 0.700. The maximum atomic E-state index is 9.13. The lowest BCUT2D eigenvalue weighted by Gasteiger charge is -2.33. The van der Waals surface area contributed by atoms with Crippen molar-refractivity contribution < 1.29 is 18.7 Å². The molecule has 0 radical (unpaired) electrons. The zero-order valence-corrected chi connectivity index (χ0v) is 9.00. The van der Waals surface area contributed by atoms with E-state index in [1.54, 1.807) is 0 Å². The zero-order valence-electron chi connectivity index (χ0n) is 7.00. The second-order valence-electron chi connectivity index (χ2n) is 2.81. The minimum atomic E-state index is -0.325. The highest BCUT2D eigenvalue weighted by Gasteiger charge is 2.33. The largest absolute Gasteiger partial charge is 0.396 e. The van der Waals surface area contributed by atoms with Crippen LogP contribution in [-0.4, -0.2) is 38.2 Å². The predicted molar refractivity (Wildman–Crippen MR) is 49.9 cm³/mol. The molecule has 6 heteroatoms. The van der Waals surface area contributed by atoms with Crippen molar-refractivity contribution in [3.05, 3.63) is 0 Å². The van der Waals surface area contributed by atoms with Gasteiger partial charge in [0.15, 0.2) is 9.03 Å². The Morgan fingerprint density at radius 2 is 2.25 bits per heavy atom. The zero-order chi connectivity index (χ0) is 8.86. The minimum Gasteiger partial charge on any atom is -0.396 e. The van der Waals surface area contributed by atoms with Crippen molar-refractivity contribution in [2.24, 2.45) is 5.41 Å². The maximum absolute atomic E-state index is 9.13. The van der Waals surface area contributed by atoms with Gasteiger partial charge in [-0.3, -0.25) is 0 Å². The summed E-state index contributed by atoms with van der Waals surface area (Å²) in [6, 6.07) is 0. The van der Waals surface area contributed by atoms with Crippen molar-refractivity contribution in [2.45, 2.75) is 0 Å². The first-order valence-corrected chi connectivity index (χ1v) is 5.93. The molecule has 72 valence electrons. The number of rotatable bonds is 4. The van der Waals surface area contributed by atoms with Gasteiger partial charge in [-0.25, -0.2) is 0 Å². The predicted octanol–water partition coefficient (Wildman–Crippen LogP) is 0.760. The third-order valence-electron chi connectivity index (χ3n) is 1.73. The van der Waals surface area contributed by atoms with Gasteiger partial charge >= 0.3 is 0 Å². The molecule has 4 nitrogen and oxygen atoms in total. The van der Waals surface area contributed by atoms with Crippen LogP contribution in [0.25, 0.3) is 0 Å². The van der Waals surface area contributed by atoms with Crippen LogP contribution in [0.1, 0.15) is 0 Å². The van der Waals surface area contributed by atoms with Crippen LogP contribution in [0.3, 0.4) is 0 Å². The molecule has 1 rings (SSSR count). The quantitative estimate of drug-likeness (QED) is 0.699. The average molecular weight is 212 g/mol. The molecule has 0 amide bonds. The number of hydrogen-bond donors (Lipinski definition) is 1. The fraction of sp³-hybridized carbons (Fsp3) is 1.00. The van der Waals surface area contributed by atoms with Gasteiger partial charge in [-0.15, -0.1) is 0 Å². The Kier molecular flexibility index (Phi) is 4.88. The summed E-state index contributed by atoms with van der Waals surface area (Å²) < 4.78 is 15.6. The normalized spacial score (nSPS) is 33.5. The van der Waals surface area contributed by atoms with Crippen molar-refractivity contribution in [3.8, 4) is 0 Å². The molecule has 0 spiro atoms. The molecule has 0 bridgehead atoms. The molecule has 1 heterocycles. The summed E-state index contributed by atoms with van der Waals surface area (Å²) in [5.74, 6) is 0. The minimum absolute atomic E-state index is 0.0575. The SMILES string of the molecule is CPOCC1(CO)COPOC1. The van der Waals surface area contributed by atoms with Crippen molar-refractivity contribution in [2.75, 3.05) is 33.1 Å². The first kappa shape index (κ1) is 10.8. The first-order valence-electron chi connectivity index (χ1n) is 3.71. The Morgan fingerprint density at radius 3 is 2.75 bits per heavy atom. The maximum Gasteiger partial charge on any atom is 0.155 e. The molecule has 1 unspecified atom stereocenters.